The van der Waals surface area contributed by atoms with Gasteiger partial charge in [-0.2, -0.15) is 5.26 Å². The lowest BCUT2D eigenvalue weighted by Gasteiger charge is -2.17. The largest absolute Gasteiger partial charge is 0.310 e. The molecule has 176 valence electrons. The Labute approximate surface area is 206 Å². The molecule has 0 radical (unpaired) electrons. The van der Waals surface area contributed by atoms with Gasteiger partial charge in [-0.3, -0.25) is 9.36 Å². The Kier molecular flexibility index (Phi) is 6.38. The molecule has 1 amide bonds. The van der Waals surface area contributed by atoms with Crippen LogP contribution in [0.25, 0.3) is 17.1 Å². The summed E-state index contributed by atoms with van der Waals surface area (Å²) in [6.07, 6.45) is 3.77. The summed E-state index contributed by atoms with van der Waals surface area (Å²) in [5.74, 6) is 0.337. The van der Waals surface area contributed by atoms with Crippen molar-refractivity contribution in [1.29, 1.82) is 5.26 Å². The number of carbonyl (C=O) groups excluding carboxylic acids is 1. The summed E-state index contributed by atoms with van der Waals surface area (Å²) in [6, 6.07) is 18.5. The Morgan fingerprint density at radius 2 is 1.86 bits per heavy atom. The molecule has 1 aliphatic carbocycles. The van der Waals surface area contributed by atoms with Gasteiger partial charge in [0.15, 0.2) is 11.0 Å². The number of carbonyl (C=O) groups is 1. The van der Waals surface area contributed by atoms with Crippen LogP contribution in [0.1, 0.15) is 29.7 Å². The number of para-hydroxylation sites is 1. The van der Waals surface area contributed by atoms with Gasteiger partial charge in [-0.25, -0.2) is 4.39 Å². The van der Waals surface area contributed by atoms with Crippen molar-refractivity contribution in [2.75, 3.05) is 11.1 Å². The van der Waals surface area contributed by atoms with Crippen molar-refractivity contribution < 1.29 is 9.18 Å². The van der Waals surface area contributed by atoms with Crippen LogP contribution in [0.15, 0.2) is 59.8 Å². The molecule has 0 aliphatic heterocycles. The Morgan fingerprint density at radius 1 is 1.11 bits per heavy atom. The van der Waals surface area contributed by atoms with Crippen LogP contribution in [-0.2, 0) is 24.7 Å². The van der Waals surface area contributed by atoms with Gasteiger partial charge in [-0.1, -0.05) is 42.1 Å². The van der Waals surface area contributed by atoms with E-state index in [0.29, 0.717) is 27.9 Å². The van der Waals surface area contributed by atoms with Crippen LogP contribution in [0.4, 0.5) is 10.2 Å². The van der Waals surface area contributed by atoms with Crippen molar-refractivity contribution in [2.24, 2.45) is 7.05 Å². The highest BCUT2D eigenvalue weighted by Gasteiger charge is 2.27. The molecule has 7 nitrogen and oxygen atoms in total. The number of nitrogens with zero attached hydrogens (tertiary/aromatic N) is 5. The van der Waals surface area contributed by atoms with E-state index in [4.69, 9.17) is 0 Å². The number of hydrogen-bond acceptors (Lipinski definition) is 5. The van der Waals surface area contributed by atoms with Gasteiger partial charge in [0.25, 0.3) is 0 Å². The van der Waals surface area contributed by atoms with Crippen LogP contribution in [0.5, 0.6) is 0 Å². The molecule has 9 heteroatoms. The number of halogens is 1. The smallest absolute Gasteiger partial charge is 0.236 e. The third-order valence-corrected chi connectivity index (χ3v) is 7.16. The lowest BCUT2D eigenvalue weighted by Crippen LogP contribution is -2.18. The Morgan fingerprint density at radius 3 is 2.63 bits per heavy atom. The Bertz CT molecular complexity index is 1440. The molecule has 0 spiro atoms. The number of aromatic nitrogens is 4. The summed E-state index contributed by atoms with van der Waals surface area (Å²) < 4.78 is 17.9. The molecule has 2 aromatic heterocycles. The predicted molar refractivity (Wildman–Crippen MR) is 133 cm³/mol. The standard InChI is InChI=1S/C26H23FN6OS/c1-32-25(19-12-5-7-13-21(19)27)30-31-26(32)35-16-23(34)29-24-20(15-28)18-11-6-8-14-22(18)33(24)17-9-3-2-4-10-17/h2-5,7,9-10,12-13H,6,8,11,14,16H2,1H3,(H,29,34). The van der Waals surface area contributed by atoms with Gasteiger partial charge in [0.1, 0.15) is 17.7 Å². The quantitative estimate of drug-likeness (QED) is 0.392. The summed E-state index contributed by atoms with van der Waals surface area (Å²) >= 11 is 1.21. The van der Waals surface area contributed by atoms with E-state index in [1.54, 1.807) is 29.8 Å². The SMILES string of the molecule is Cn1c(SCC(=O)Nc2c(C#N)c3c(n2-c2ccccc2)CCCC3)nnc1-c1ccccc1F. The van der Waals surface area contributed by atoms with Crippen molar-refractivity contribution >= 4 is 23.5 Å². The van der Waals surface area contributed by atoms with Crippen molar-refractivity contribution in [3.8, 4) is 23.1 Å². The fourth-order valence-corrected chi connectivity index (χ4v) is 5.22. The Balaban J connectivity index is 1.39. The first-order valence-electron chi connectivity index (χ1n) is 11.4. The lowest BCUT2D eigenvalue weighted by atomic mass is 9.95. The van der Waals surface area contributed by atoms with E-state index in [1.165, 1.54) is 17.8 Å². The minimum atomic E-state index is -0.382. The zero-order valence-electron chi connectivity index (χ0n) is 19.2. The minimum absolute atomic E-state index is 0.0682. The maximum absolute atomic E-state index is 14.2. The van der Waals surface area contributed by atoms with E-state index < -0.39 is 0 Å². The molecular formula is C26H23FN6OS. The van der Waals surface area contributed by atoms with Crippen molar-refractivity contribution in [2.45, 2.75) is 30.8 Å². The molecule has 0 saturated carbocycles. The number of benzene rings is 2. The van der Waals surface area contributed by atoms with E-state index >= 15 is 0 Å². The van der Waals surface area contributed by atoms with Gasteiger partial charge in [-0.05, 0) is 55.5 Å². The fourth-order valence-electron chi connectivity index (χ4n) is 4.51. The number of anilines is 1. The third kappa shape index (κ3) is 4.33. The molecule has 0 saturated heterocycles. The van der Waals surface area contributed by atoms with Crippen LogP contribution in [0, 0.1) is 17.1 Å². The topological polar surface area (TPSA) is 88.5 Å². The maximum atomic E-state index is 14.2. The van der Waals surface area contributed by atoms with Gasteiger partial charge in [-0.15, -0.1) is 10.2 Å². The second-order valence-corrected chi connectivity index (χ2v) is 9.26. The van der Waals surface area contributed by atoms with Crippen molar-refractivity contribution in [3.05, 3.63) is 77.2 Å². The Hall–Kier alpha value is -3.90. The number of nitrogens with one attached hydrogen (secondary N) is 1. The number of fused-ring (bicyclic) bond motifs is 1. The summed E-state index contributed by atoms with van der Waals surface area (Å²) in [5, 5.41) is 21.7. The van der Waals surface area contributed by atoms with Crippen LogP contribution < -0.4 is 5.32 Å². The van der Waals surface area contributed by atoms with Crippen LogP contribution in [0.2, 0.25) is 0 Å². The number of rotatable bonds is 6. The summed E-state index contributed by atoms with van der Waals surface area (Å²) in [7, 11) is 1.74. The second-order valence-electron chi connectivity index (χ2n) is 8.32. The molecule has 35 heavy (non-hydrogen) atoms. The van der Waals surface area contributed by atoms with Gasteiger partial charge in [0, 0.05) is 18.4 Å². The molecule has 2 heterocycles. The average Bonchev–Trinajstić information content (AvgIpc) is 3.40. The highest BCUT2D eigenvalue weighted by atomic mass is 32.2. The molecule has 2 aromatic carbocycles. The fraction of sp³-hybridized carbons (Fsp3) is 0.231. The van der Waals surface area contributed by atoms with Crippen LogP contribution >= 0.6 is 11.8 Å². The highest BCUT2D eigenvalue weighted by molar-refractivity contribution is 7.99. The monoisotopic (exact) mass is 486 g/mol. The molecule has 5 rings (SSSR count). The summed E-state index contributed by atoms with van der Waals surface area (Å²) in [5.41, 5.74) is 3.90. The summed E-state index contributed by atoms with van der Waals surface area (Å²) in [4.78, 5) is 13.0. The number of amides is 1. The predicted octanol–water partition coefficient (Wildman–Crippen LogP) is 4.89. The van der Waals surface area contributed by atoms with Gasteiger partial charge < -0.3 is 9.88 Å². The molecule has 0 bridgehead atoms. The summed E-state index contributed by atoms with van der Waals surface area (Å²) in [6.45, 7) is 0. The van der Waals surface area contributed by atoms with E-state index in [-0.39, 0.29) is 17.5 Å². The highest BCUT2D eigenvalue weighted by Crippen LogP contribution is 2.36. The molecule has 0 atom stereocenters. The number of thioether (sulfide) groups is 1. The zero-order valence-corrected chi connectivity index (χ0v) is 20.0. The minimum Gasteiger partial charge on any atom is -0.310 e. The molecule has 0 fully saturated rings. The van der Waals surface area contributed by atoms with Gasteiger partial charge >= 0.3 is 0 Å². The van der Waals surface area contributed by atoms with Gasteiger partial charge in [0.2, 0.25) is 5.91 Å². The van der Waals surface area contributed by atoms with E-state index in [1.807, 2.05) is 34.9 Å². The van der Waals surface area contributed by atoms with Crippen LogP contribution in [-0.4, -0.2) is 31.0 Å². The van der Waals surface area contributed by atoms with E-state index in [2.05, 4.69) is 21.6 Å². The molecular weight excluding hydrogens is 463 g/mol. The van der Waals surface area contributed by atoms with Gasteiger partial charge in [0.05, 0.1) is 16.9 Å². The first kappa shape index (κ1) is 22.9. The third-order valence-electron chi connectivity index (χ3n) is 6.14. The first-order chi connectivity index (χ1) is 17.1. The van der Waals surface area contributed by atoms with E-state index in [9.17, 15) is 14.4 Å². The number of nitriles is 1. The molecule has 0 unspecified atom stereocenters. The maximum Gasteiger partial charge on any atom is 0.236 e. The molecule has 1 aliphatic rings. The zero-order chi connectivity index (χ0) is 24.4. The number of hydrogen-bond donors (Lipinski definition) is 1. The van der Waals surface area contributed by atoms with Crippen molar-refractivity contribution in [1.82, 2.24) is 19.3 Å². The van der Waals surface area contributed by atoms with Crippen molar-refractivity contribution in [3.63, 3.8) is 0 Å². The second kappa shape index (κ2) is 9.76. The first-order valence-corrected chi connectivity index (χ1v) is 12.4. The average molecular weight is 487 g/mol. The molecule has 4 aromatic rings. The normalized spacial score (nSPS) is 12.7. The lowest BCUT2D eigenvalue weighted by molar-refractivity contribution is -0.113. The van der Waals surface area contributed by atoms with E-state index in [0.717, 1.165) is 42.6 Å². The molecule has 1 N–H and O–H groups in total. The van der Waals surface area contributed by atoms with Crippen LogP contribution in [0.3, 0.4) is 0 Å².